The Hall–Kier alpha value is -4.54. The molecule has 0 N–H and O–H groups in total. The lowest BCUT2D eigenvalue weighted by atomic mass is 10.0. The first-order valence-electron chi connectivity index (χ1n) is 10.4. The van der Waals surface area contributed by atoms with Gasteiger partial charge in [-0.2, -0.15) is 10.5 Å². The number of nitrogens with zero attached hydrogens (tertiary/aromatic N) is 3. The van der Waals surface area contributed by atoms with Crippen LogP contribution in [0.4, 0.5) is 5.69 Å². The maximum atomic E-state index is 12.9. The molecular formula is C25H19N3O6S. The van der Waals surface area contributed by atoms with Gasteiger partial charge in [-0.1, -0.05) is 12.1 Å². The monoisotopic (exact) mass is 489 g/mol. The number of nitro groups is 1. The molecule has 0 fully saturated rings. The molecule has 9 nitrogen and oxygen atoms in total. The van der Waals surface area contributed by atoms with E-state index < -0.39 is 16.7 Å². The Morgan fingerprint density at radius 1 is 1.20 bits per heavy atom. The number of carbonyl (C=O) groups excluding carboxylic acids is 2. The first kappa shape index (κ1) is 25.1. The zero-order valence-electron chi connectivity index (χ0n) is 19.1. The number of rotatable bonds is 8. The number of furan rings is 1. The molecule has 3 aromatic rings. The summed E-state index contributed by atoms with van der Waals surface area (Å²) in [4.78, 5) is 36.3. The van der Waals surface area contributed by atoms with E-state index in [1.54, 1.807) is 45.0 Å². The SMILES string of the molecule is CCOC(=O)c1sc(CC(=O)/C(C#N)=C/c2ccc(-c3cccc([N+](=O)[O-])c3C)o2)c(C#N)c1C. The minimum Gasteiger partial charge on any atom is -0.462 e. The summed E-state index contributed by atoms with van der Waals surface area (Å²) in [5, 5.41) is 30.3. The lowest BCUT2D eigenvalue weighted by molar-refractivity contribution is -0.385. The molecule has 0 aliphatic heterocycles. The van der Waals surface area contributed by atoms with Gasteiger partial charge in [-0.05, 0) is 38.5 Å². The van der Waals surface area contributed by atoms with E-state index in [2.05, 4.69) is 0 Å². The topological polar surface area (TPSA) is 147 Å². The zero-order chi connectivity index (χ0) is 25.7. The highest BCUT2D eigenvalue weighted by atomic mass is 32.1. The second-order valence-corrected chi connectivity index (χ2v) is 8.47. The molecule has 0 aliphatic carbocycles. The van der Waals surface area contributed by atoms with E-state index in [0.717, 1.165) is 11.3 Å². The molecule has 10 heteroatoms. The molecule has 0 unspecified atom stereocenters. The number of nitro benzene ring substituents is 1. The lowest BCUT2D eigenvalue weighted by Crippen LogP contribution is -2.05. The molecule has 0 bridgehead atoms. The largest absolute Gasteiger partial charge is 0.462 e. The Morgan fingerprint density at radius 3 is 2.57 bits per heavy atom. The quantitative estimate of drug-likeness (QED) is 0.136. The number of hydrogen-bond acceptors (Lipinski definition) is 9. The van der Waals surface area contributed by atoms with Gasteiger partial charge in [-0.15, -0.1) is 11.3 Å². The zero-order valence-corrected chi connectivity index (χ0v) is 19.9. The van der Waals surface area contributed by atoms with Crippen LogP contribution in [0, 0.1) is 46.6 Å². The molecule has 0 saturated heterocycles. The van der Waals surface area contributed by atoms with E-state index in [4.69, 9.17) is 9.15 Å². The van der Waals surface area contributed by atoms with Crippen LogP contribution in [-0.2, 0) is 16.0 Å². The molecule has 2 heterocycles. The fraction of sp³-hybridized carbons (Fsp3) is 0.200. The van der Waals surface area contributed by atoms with E-state index in [1.807, 2.05) is 12.1 Å². The standard InChI is InChI=1S/C25H19N3O6S/c1-4-33-25(30)24-15(3)19(13-27)23(35-24)11-21(29)16(12-26)10-17-8-9-22(34-17)18-6-5-7-20(14(18)2)28(31)32/h5-10H,4,11H2,1-3H3/b16-10+. The van der Waals surface area contributed by atoms with Crippen LogP contribution in [0.15, 0.2) is 40.3 Å². The Kier molecular flexibility index (Phi) is 7.59. The van der Waals surface area contributed by atoms with Crippen molar-refractivity contribution < 1.29 is 23.7 Å². The van der Waals surface area contributed by atoms with E-state index in [9.17, 15) is 30.2 Å². The fourth-order valence-electron chi connectivity index (χ4n) is 3.46. The van der Waals surface area contributed by atoms with Crippen LogP contribution in [0.1, 0.15) is 43.9 Å². The van der Waals surface area contributed by atoms with Gasteiger partial charge in [0.25, 0.3) is 5.69 Å². The molecule has 176 valence electrons. The van der Waals surface area contributed by atoms with Gasteiger partial charge in [0.2, 0.25) is 0 Å². The van der Waals surface area contributed by atoms with Crippen molar-refractivity contribution in [2.45, 2.75) is 27.2 Å². The molecule has 0 atom stereocenters. The van der Waals surface area contributed by atoms with Gasteiger partial charge in [-0.25, -0.2) is 4.79 Å². The van der Waals surface area contributed by atoms with E-state index in [0.29, 0.717) is 27.3 Å². The summed E-state index contributed by atoms with van der Waals surface area (Å²) in [5.41, 5.74) is 1.34. The fourth-order valence-corrected chi connectivity index (χ4v) is 4.61. The Morgan fingerprint density at radius 2 is 1.94 bits per heavy atom. The predicted molar refractivity (Wildman–Crippen MR) is 128 cm³/mol. The van der Waals surface area contributed by atoms with Crippen LogP contribution >= 0.6 is 11.3 Å². The molecule has 0 amide bonds. The first-order chi connectivity index (χ1) is 16.7. The average molecular weight is 490 g/mol. The van der Waals surface area contributed by atoms with Crippen molar-refractivity contribution in [2.24, 2.45) is 0 Å². The minimum absolute atomic E-state index is 0.0504. The molecule has 0 spiro atoms. The number of allylic oxidation sites excluding steroid dienone is 1. The predicted octanol–water partition coefficient (Wildman–Crippen LogP) is 5.30. The summed E-state index contributed by atoms with van der Waals surface area (Å²) in [6, 6.07) is 11.6. The summed E-state index contributed by atoms with van der Waals surface area (Å²) in [6.07, 6.45) is 1.03. The summed E-state index contributed by atoms with van der Waals surface area (Å²) in [5.74, 6) is -0.557. The normalized spacial score (nSPS) is 10.9. The number of benzene rings is 1. The third kappa shape index (κ3) is 5.18. The second kappa shape index (κ2) is 10.6. The summed E-state index contributed by atoms with van der Waals surface area (Å²) in [7, 11) is 0. The number of ketones is 1. The average Bonchev–Trinajstić information content (AvgIpc) is 3.41. The Balaban J connectivity index is 1.89. The number of nitriles is 2. The third-order valence-corrected chi connectivity index (χ3v) is 6.49. The van der Waals surface area contributed by atoms with Gasteiger partial charge < -0.3 is 9.15 Å². The first-order valence-corrected chi connectivity index (χ1v) is 11.2. The van der Waals surface area contributed by atoms with E-state index in [-0.39, 0.29) is 40.5 Å². The lowest BCUT2D eigenvalue weighted by Gasteiger charge is -2.03. The molecule has 35 heavy (non-hydrogen) atoms. The van der Waals surface area contributed by atoms with Crippen LogP contribution in [0.2, 0.25) is 0 Å². The van der Waals surface area contributed by atoms with Crippen molar-refractivity contribution in [3.05, 3.63) is 78.2 Å². The van der Waals surface area contributed by atoms with Gasteiger partial charge in [0.15, 0.2) is 5.78 Å². The van der Waals surface area contributed by atoms with Gasteiger partial charge in [0, 0.05) is 34.6 Å². The van der Waals surface area contributed by atoms with Crippen LogP contribution in [-0.4, -0.2) is 23.3 Å². The third-order valence-electron chi connectivity index (χ3n) is 5.22. The van der Waals surface area contributed by atoms with Crippen LogP contribution in [0.3, 0.4) is 0 Å². The minimum atomic E-state index is -0.569. The van der Waals surface area contributed by atoms with Crippen molar-refractivity contribution in [1.29, 1.82) is 10.5 Å². The molecule has 3 rings (SSSR count). The number of esters is 1. The van der Waals surface area contributed by atoms with Crippen LogP contribution < -0.4 is 0 Å². The number of ether oxygens (including phenoxy) is 1. The highest BCUT2D eigenvalue weighted by Crippen LogP contribution is 2.32. The smallest absolute Gasteiger partial charge is 0.348 e. The molecule has 0 radical (unpaired) electrons. The molecule has 0 aliphatic rings. The van der Waals surface area contributed by atoms with Gasteiger partial charge >= 0.3 is 5.97 Å². The number of Topliss-reactive ketones (excluding diaryl/α,β-unsaturated/α-hetero) is 1. The summed E-state index contributed by atoms with van der Waals surface area (Å²) in [6.45, 7) is 5.06. The molecular weight excluding hydrogens is 470 g/mol. The van der Waals surface area contributed by atoms with Gasteiger partial charge in [0.1, 0.15) is 28.5 Å². The van der Waals surface area contributed by atoms with Crippen molar-refractivity contribution in [3.8, 4) is 23.5 Å². The van der Waals surface area contributed by atoms with Crippen LogP contribution in [0.25, 0.3) is 17.4 Å². The summed E-state index contributed by atoms with van der Waals surface area (Å²) >= 11 is 0.995. The van der Waals surface area contributed by atoms with Crippen molar-refractivity contribution >= 4 is 34.9 Å². The molecule has 0 saturated carbocycles. The Bertz CT molecular complexity index is 1450. The molecule has 1 aromatic carbocycles. The number of thiophene rings is 1. The number of hydrogen-bond donors (Lipinski definition) is 0. The van der Waals surface area contributed by atoms with Gasteiger partial charge in [-0.3, -0.25) is 14.9 Å². The van der Waals surface area contributed by atoms with Crippen LogP contribution in [0.5, 0.6) is 0 Å². The van der Waals surface area contributed by atoms with Crippen molar-refractivity contribution in [1.82, 2.24) is 0 Å². The van der Waals surface area contributed by atoms with Gasteiger partial charge in [0.05, 0.1) is 22.7 Å². The maximum absolute atomic E-state index is 12.9. The summed E-state index contributed by atoms with van der Waals surface area (Å²) < 4.78 is 10.7. The van der Waals surface area contributed by atoms with Crippen molar-refractivity contribution in [3.63, 3.8) is 0 Å². The van der Waals surface area contributed by atoms with E-state index >= 15 is 0 Å². The van der Waals surface area contributed by atoms with Crippen molar-refractivity contribution in [2.75, 3.05) is 6.61 Å². The Labute approximate surface area is 204 Å². The highest BCUT2D eigenvalue weighted by molar-refractivity contribution is 7.14. The molecule has 2 aromatic heterocycles. The highest BCUT2D eigenvalue weighted by Gasteiger charge is 2.24. The number of carbonyl (C=O) groups is 2. The van der Waals surface area contributed by atoms with E-state index in [1.165, 1.54) is 12.1 Å². The maximum Gasteiger partial charge on any atom is 0.348 e. The second-order valence-electron chi connectivity index (χ2n) is 7.37.